The minimum atomic E-state index is -0.543. The van der Waals surface area contributed by atoms with Gasteiger partial charge in [0.2, 0.25) is 5.91 Å². The van der Waals surface area contributed by atoms with Gasteiger partial charge in [-0.25, -0.2) is 19.4 Å². The number of imide groups is 2. The Kier molecular flexibility index (Phi) is 13.5. The Morgan fingerprint density at radius 2 is 1.37 bits per heavy atom. The van der Waals surface area contributed by atoms with Crippen LogP contribution < -0.4 is 5.48 Å². The molecule has 2 aromatic carbocycles. The van der Waals surface area contributed by atoms with Crippen LogP contribution >= 0.6 is 0 Å². The second kappa shape index (κ2) is 18.6. The highest BCUT2D eigenvalue weighted by Gasteiger charge is 2.41. The molecule has 1 N–H and O–H groups in total. The van der Waals surface area contributed by atoms with Crippen molar-refractivity contribution < 1.29 is 38.2 Å². The van der Waals surface area contributed by atoms with Gasteiger partial charge in [0.15, 0.2) is 6.29 Å². The molecular weight excluding hydrogens is 662 g/mol. The van der Waals surface area contributed by atoms with Crippen molar-refractivity contribution in [1.29, 1.82) is 0 Å². The minimum Gasteiger partial charge on any atom is -0.447 e. The standard InChI is InChI=1S/C23H32N2O5.C18H21NO3/c26-22(25-20(16-29-23(25)27)14-18-6-2-1-3-7-18)19(12-11-17-9-10-17)15-24-30-21-8-4-5-13-28-21;1-13(7-8-14-9-10-14)17(20)19-16(12-22-18(19)21)11-15-5-3-2-4-6-15/h1-3,6-7,17,19-21,24H,4-5,8-16H2;2-6,14,16H,1,7-12H2/t19-,20+,21?;16-/m10/s1. The molecule has 5 aliphatic rings. The summed E-state index contributed by atoms with van der Waals surface area (Å²) in [4.78, 5) is 58.4. The second-order valence-corrected chi connectivity index (χ2v) is 14.8. The summed E-state index contributed by atoms with van der Waals surface area (Å²) in [6.07, 6.45) is 11.3. The van der Waals surface area contributed by atoms with E-state index in [0.717, 1.165) is 55.6 Å². The molecule has 2 aliphatic carbocycles. The summed E-state index contributed by atoms with van der Waals surface area (Å²) in [5.41, 5.74) is 5.65. The van der Waals surface area contributed by atoms with Gasteiger partial charge in [-0.15, -0.1) is 0 Å². The quantitative estimate of drug-likeness (QED) is 0.148. The van der Waals surface area contributed by atoms with Crippen molar-refractivity contribution in [2.45, 2.75) is 102 Å². The molecule has 3 heterocycles. The molecule has 52 heavy (non-hydrogen) atoms. The molecule has 3 saturated heterocycles. The number of rotatable bonds is 16. The zero-order valence-corrected chi connectivity index (χ0v) is 30.1. The van der Waals surface area contributed by atoms with E-state index in [9.17, 15) is 19.2 Å². The average molecular weight is 716 g/mol. The smallest absolute Gasteiger partial charge is 0.417 e. The summed E-state index contributed by atoms with van der Waals surface area (Å²) in [6, 6.07) is 19.2. The predicted octanol–water partition coefficient (Wildman–Crippen LogP) is 6.75. The summed E-state index contributed by atoms with van der Waals surface area (Å²) >= 11 is 0. The molecule has 2 aromatic rings. The maximum Gasteiger partial charge on any atom is 0.417 e. The van der Waals surface area contributed by atoms with Crippen LogP contribution in [0.2, 0.25) is 0 Å². The number of carbonyl (C=O) groups is 4. The van der Waals surface area contributed by atoms with Crippen molar-refractivity contribution in [3.8, 4) is 0 Å². The first-order valence-corrected chi connectivity index (χ1v) is 19.1. The molecule has 5 fully saturated rings. The number of nitrogens with one attached hydrogen (secondary N) is 1. The van der Waals surface area contributed by atoms with Gasteiger partial charge in [-0.2, -0.15) is 5.48 Å². The van der Waals surface area contributed by atoms with E-state index in [4.69, 9.17) is 19.0 Å². The van der Waals surface area contributed by atoms with Gasteiger partial charge in [-0.3, -0.25) is 14.4 Å². The van der Waals surface area contributed by atoms with Crippen molar-refractivity contribution in [3.05, 3.63) is 83.9 Å². The SMILES string of the molecule is C=C(CCC1CC1)C(=O)N1C(=O)OC[C@@H]1Cc1ccccc1.O=C1OC[C@H](Cc2ccccc2)N1C(=O)[C@H](CCC1CC1)CNOC1CCCCO1. The van der Waals surface area contributed by atoms with Gasteiger partial charge in [0.25, 0.3) is 5.91 Å². The van der Waals surface area contributed by atoms with Crippen LogP contribution in [0.5, 0.6) is 0 Å². The number of benzene rings is 2. The fourth-order valence-electron chi connectivity index (χ4n) is 6.97. The Morgan fingerprint density at radius 3 is 1.94 bits per heavy atom. The molecule has 280 valence electrons. The highest BCUT2D eigenvalue weighted by Crippen LogP contribution is 2.36. The van der Waals surface area contributed by atoms with Gasteiger partial charge in [-0.05, 0) is 74.3 Å². The molecule has 4 atom stereocenters. The van der Waals surface area contributed by atoms with Crippen molar-refractivity contribution in [2.75, 3.05) is 26.4 Å². The number of amides is 4. The van der Waals surface area contributed by atoms with E-state index in [-0.39, 0.29) is 49.3 Å². The Labute approximate surface area is 306 Å². The summed E-state index contributed by atoms with van der Waals surface area (Å²) in [5.74, 6) is 0.700. The molecule has 7 rings (SSSR count). The monoisotopic (exact) mass is 715 g/mol. The van der Waals surface area contributed by atoms with E-state index in [1.54, 1.807) is 0 Å². The molecular formula is C41H53N3O8. The minimum absolute atomic E-state index is 0.167. The molecule has 0 bridgehead atoms. The van der Waals surface area contributed by atoms with Crippen molar-refractivity contribution in [2.24, 2.45) is 17.8 Å². The number of ether oxygens (including phenoxy) is 3. The lowest BCUT2D eigenvalue weighted by atomic mass is 9.98. The topological polar surface area (TPSA) is 124 Å². The maximum atomic E-state index is 13.4. The molecule has 2 saturated carbocycles. The number of hydrogen-bond acceptors (Lipinski definition) is 9. The average Bonchev–Trinajstić information content (AvgIpc) is 4.11. The van der Waals surface area contributed by atoms with E-state index >= 15 is 0 Å². The summed E-state index contributed by atoms with van der Waals surface area (Å²) < 4.78 is 15.9. The Morgan fingerprint density at radius 1 is 0.788 bits per heavy atom. The Balaban J connectivity index is 0.000000187. The van der Waals surface area contributed by atoms with Gasteiger partial charge >= 0.3 is 12.2 Å². The lowest BCUT2D eigenvalue weighted by molar-refractivity contribution is -0.198. The van der Waals surface area contributed by atoms with Crippen molar-refractivity contribution in [3.63, 3.8) is 0 Å². The number of nitrogens with zero attached hydrogens (tertiary/aromatic N) is 2. The molecule has 3 aliphatic heterocycles. The fourth-order valence-corrected chi connectivity index (χ4v) is 6.97. The first kappa shape index (κ1) is 37.7. The number of cyclic esters (lactones) is 2. The zero-order valence-electron chi connectivity index (χ0n) is 30.1. The molecule has 11 heteroatoms. The highest BCUT2D eigenvalue weighted by molar-refractivity contribution is 6.03. The van der Waals surface area contributed by atoms with E-state index in [1.165, 1.54) is 35.5 Å². The number of hydrogen-bond donors (Lipinski definition) is 1. The molecule has 11 nitrogen and oxygen atoms in total. The zero-order chi connectivity index (χ0) is 36.3. The molecule has 0 spiro atoms. The van der Waals surface area contributed by atoms with Crippen molar-refractivity contribution in [1.82, 2.24) is 15.3 Å². The predicted molar refractivity (Wildman–Crippen MR) is 193 cm³/mol. The van der Waals surface area contributed by atoms with E-state index in [1.807, 2.05) is 60.7 Å². The van der Waals surface area contributed by atoms with Gasteiger partial charge in [0.05, 0.1) is 18.0 Å². The molecule has 1 unspecified atom stereocenters. The van der Waals surface area contributed by atoms with Gasteiger partial charge < -0.3 is 14.2 Å². The second-order valence-electron chi connectivity index (χ2n) is 14.8. The lowest BCUT2D eigenvalue weighted by Gasteiger charge is -2.27. The van der Waals surface area contributed by atoms with E-state index in [0.29, 0.717) is 43.9 Å². The number of hydroxylamine groups is 1. The summed E-state index contributed by atoms with van der Waals surface area (Å²) in [5, 5.41) is 0. The van der Waals surface area contributed by atoms with Crippen LogP contribution in [0, 0.1) is 17.8 Å². The summed E-state index contributed by atoms with van der Waals surface area (Å²) in [7, 11) is 0. The highest BCUT2D eigenvalue weighted by atomic mass is 16.8. The first-order valence-electron chi connectivity index (χ1n) is 19.1. The van der Waals surface area contributed by atoms with Crippen LogP contribution in [0.15, 0.2) is 72.8 Å². The Hall–Kier alpha value is -4.06. The fraction of sp³-hybridized carbons (Fsp3) is 0.561. The lowest BCUT2D eigenvalue weighted by Crippen LogP contribution is -2.46. The molecule has 4 amide bonds. The van der Waals surface area contributed by atoms with E-state index < -0.39 is 12.2 Å². The van der Waals surface area contributed by atoms with Crippen LogP contribution in [-0.4, -0.2) is 78.5 Å². The van der Waals surface area contributed by atoms with Crippen LogP contribution in [0.3, 0.4) is 0 Å². The third-order valence-electron chi connectivity index (χ3n) is 10.5. The largest absolute Gasteiger partial charge is 0.447 e. The van der Waals surface area contributed by atoms with Gasteiger partial charge in [-0.1, -0.05) is 92.9 Å². The Bertz CT molecular complexity index is 1510. The van der Waals surface area contributed by atoms with Crippen LogP contribution in [0.25, 0.3) is 0 Å². The van der Waals surface area contributed by atoms with Crippen LogP contribution in [0.4, 0.5) is 9.59 Å². The van der Waals surface area contributed by atoms with E-state index in [2.05, 4.69) is 12.1 Å². The molecule has 0 aromatic heterocycles. The van der Waals surface area contributed by atoms with Gasteiger partial charge in [0.1, 0.15) is 13.2 Å². The normalized spacial score (nSPS) is 23.3. The third kappa shape index (κ3) is 11.0. The van der Waals surface area contributed by atoms with Gasteiger partial charge in [0, 0.05) is 25.1 Å². The number of carbonyl (C=O) groups excluding carboxylic acids is 4. The van der Waals surface area contributed by atoms with Crippen LogP contribution in [-0.2, 0) is 41.5 Å². The summed E-state index contributed by atoms with van der Waals surface area (Å²) in [6.45, 7) is 5.45. The van der Waals surface area contributed by atoms with Crippen molar-refractivity contribution >= 4 is 24.0 Å². The molecule has 0 radical (unpaired) electrons. The maximum absolute atomic E-state index is 13.4. The van der Waals surface area contributed by atoms with Crippen LogP contribution in [0.1, 0.15) is 81.8 Å². The third-order valence-corrected chi connectivity index (χ3v) is 10.5. The first-order chi connectivity index (χ1) is 25.4.